The van der Waals surface area contributed by atoms with Gasteiger partial charge in [0.1, 0.15) is 0 Å². The number of benzene rings is 1. The average Bonchev–Trinajstić information content (AvgIpc) is 2.49. The third-order valence-corrected chi connectivity index (χ3v) is 6.03. The van der Waals surface area contributed by atoms with E-state index in [1.54, 1.807) is 0 Å². The molecule has 1 aromatic carbocycles. The SMILES string of the molecule is Cc1cccc(C(=O)NCCC2CCN(S(C)(=O)=O)CC2)c1C. The topological polar surface area (TPSA) is 66.5 Å². The summed E-state index contributed by atoms with van der Waals surface area (Å²) in [7, 11) is -3.06. The first-order valence-corrected chi connectivity index (χ1v) is 9.93. The van der Waals surface area contributed by atoms with Crippen LogP contribution in [0.3, 0.4) is 0 Å². The normalized spacial score (nSPS) is 17.2. The molecule has 23 heavy (non-hydrogen) atoms. The van der Waals surface area contributed by atoms with Crippen LogP contribution in [0.5, 0.6) is 0 Å². The summed E-state index contributed by atoms with van der Waals surface area (Å²) in [6.07, 6.45) is 3.89. The van der Waals surface area contributed by atoms with E-state index in [2.05, 4.69) is 5.32 Å². The van der Waals surface area contributed by atoms with Crippen LogP contribution in [0.15, 0.2) is 18.2 Å². The maximum atomic E-state index is 12.2. The second-order valence-electron chi connectivity index (χ2n) is 6.40. The van der Waals surface area contributed by atoms with Crippen LogP contribution < -0.4 is 5.32 Å². The van der Waals surface area contributed by atoms with E-state index >= 15 is 0 Å². The van der Waals surface area contributed by atoms with Crippen molar-refractivity contribution in [3.05, 3.63) is 34.9 Å². The van der Waals surface area contributed by atoms with Crippen molar-refractivity contribution in [3.63, 3.8) is 0 Å². The molecule has 0 spiro atoms. The van der Waals surface area contributed by atoms with Gasteiger partial charge in [0.05, 0.1) is 6.26 Å². The van der Waals surface area contributed by atoms with Crippen LogP contribution in [0, 0.1) is 19.8 Å². The Kier molecular flexibility index (Phi) is 5.81. The molecule has 1 N–H and O–H groups in total. The third-order valence-electron chi connectivity index (χ3n) is 4.73. The molecule has 1 heterocycles. The van der Waals surface area contributed by atoms with E-state index in [0.29, 0.717) is 25.6 Å². The summed E-state index contributed by atoms with van der Waals surface area (Å²) in [5.74, 6) is 0.451. The highest BCUT2D eigenvalue weighted by Gasteiger charge is 2.24. The lowest BCUT2D eigenvalue weighted by Crippen LogP contribution is -2.38. The molecule has 5 nitrogen and oxygen atoms in total. The number of sulfonamides is 1. The van der Waals surface area contributed by atoms with E-state index in [9.17, 15) is 13.2 Å². The van der Waals surface area contributed by atoms with E-state index in [1.807, 2.05) is 32.0 Å². The number of carbonyl (C=O) groups is 1. The van der Waals surface area contributed by atoms with Crippen molar-refractivity contribution in [1.29, 1.82) is 0 Å². The maximum Gasteiger partial charge on any atom is 0.251 e. The molecule has 0 saturated carbocycles. The fourth-order valence-electron chi connectivity index (χ4n) is 3.01. The Morgan fingerprint density at radius 1 is 1.26 bits per heavy atom. The molecule has 0 bridgehead atoms. The van der Waals surface area contributed by atoms with Crippen molar-refractivity contribution in [3.8, 4) is 0 Å². The van der Waals surface area contributed by atoms with Gasteiger partial charge >= 0.3 is 0 Å². The van der Waals surface area contributed by atoms with Crippen molar-refractivity contribution >= 4 is 15.9 Å². The van der Waals surface area contributed by atoms with Gasteiger partial charge in [0, 0.05) is 25.2 Å². The zero-order valence-corrected chi connectivity index (χ0v) is 14.9. The first-order chi connectivity index (χ1) is 10.8. The molecule has 0 atom stereocenters. The predicted octanol–water partition coefficient (Wildman–Crippen LogP) is 2.09. The lowest BCUT2D eigenvalue weighted by molar-refractivity contribution is 0.0949. The predicted molar refractivity (Wildman–Crippen MR) is 92.0 cm³/mol. The Morgan fingerprint density at radius 3 is 2.52 bits per heavy atom. The molecule has 0 unspecified atom stereocenters. The van der Waals surface area contributed by atoms with E-state index in [0.717, 1.165) is 36.0 Å². The standard InChI is InChI=1S/C17H26N2O3S/c1-13-5-4-6-16(14(13)2)17(20)18-10-7-15-8-11-19(12-9-15)23(3,21)22/h4-6,15H,7-12H2,1-3H3,(H,18,20). The highest BCUT2D eigenvalue weighted by molar-refractivity contribution is 7.88. The van der Waals surface area contributed by atoms with Crippen LogP contribution in [-0.4, -0.2) is 44.5 Å². The Bertz CT molecular complexity index is 662. The summed E-state index contributed by atoms with van der Waals surface area (Å²) in [6.45, 7) is 5.78. The number of carbonyl (C=O) groups excluding carboxylic acids is 1. The Hall–Kier alpha value is -1.40. The monoisotopic (exact) mass is 338 g/mol. The molecule has 1 aliphatic heterocycles. The number of hydrogen-bond acceptors (Lipinski definition) is 3. The summed E-state index contributed by atoms with van der Waals surface area (Å²) in [5, 5.41) is 2.98. The van der Waals surface area contributed by atoms with Crippen molar-refractivity contribution < 1.29 is 13.2 Å². The van der Waals surface area contributed by atoms with Gasteiger partial charge in [0.2, 0.25) is 10.0 Å². The quantitative estimate of drug-likeness (QED) is 0.894. The first-order valence-electron chi connectivity index (χ1n) is 8.08. The van der Waals surface area contributed by atoms with Crippen LogP contribution >= 0.6 is 0 Å². The molecule has 0 aromatic heterocycles. The molecule has 128 valence electrons. The van der Waals surface area contributed by atoms with Crippen LogP contribution in [-0.2, 0) is 10.0 Å². The Balaban J connectivity index is 1.78. The molecule has 1 fully saturated rings. The van der Waals surface area contributed by atoms with Gasteiger partial charge in [-0.1, -0.05) is 12.1 Å². The van der Waals surface area contributed by atoms with E-state index < -0.39 is 10.0 Å². The van der Waals surface area contributed by atoms with Gasteiger partial charge in [-0.15, -0.1) is 0 Å². The summed E-state index contributed by atoms with van der Waals surface area (Å²) in [5.41, 5.74) is 2.87. The summed E-state index contributed by atoms with van der Waals surface area (Å²) >= 11 is 0. The molecular weight excluding hydrogens is 312 g/mol. The number of amides is 1. The van der Waals surface area contributed by atoms with Gasteiger partial charge < -0.3 is 5.32 Å². The number of piperidine rings is 1. The Morgan fingerprint density at radius 2 is 1.91 bits per heavy atom. The van der Waals surface area contributed by atoms with Gasteiger partial charge in [-0.3, -0.25) is 4.79 Å². The zero-order valence-electron chi connectivity index (χ0n) is 14.1. The van der Waals surface area contributed by atoms with Gasteiger partial charge in [0.25, 0.3) is 5.91 Å². The molecule has 2 rings (SSSR count). The highest BCUT2D eigenvalue weighted by atomic mass is 32.2. The third kappa shape index (κ3) is 4.78. The van der Waals surface area contributed by atoms with E-state index in [-0.39, 0.29) is 5.91 Å². The number of nitrogens with zero attached hydrogens (tertiary/aromatic N) is 1. The van der Waals surface area contributed by atoms with Gasteiger partial charge in [0.15, 0.2) is 0 Å². The molecule has 1 aromatic rings. The van der Waals surface area contributed by atoms with Gasteiger partial charge in [-0.25, -0.2) is 12.7 Å². The molecule has 0 aliphatic carbocycles. The maximum absolute atomic E-state index is 12.2. The van der Waals surface area contributed by atoms with Gasteiger partial charge in [-0.2, -0.15) is 0 Å². The molecule has 1 amide bonds. The van der Waals surface area contributed by atoms with Crippen molar-refractivity contribution in [2.45, 2.75) is 33.1 Å². The van der Waals surface area contributed by atoms with E-state index in [1.165, 1.54) is 10.6 Å². The fourth-order valence-corrected chi connectivity index (χ4v) is 3.89. The molecule has 1 aliphatic rings. The fraction of sp³-hybridized carbons (Fsp3) is 0.588. The van der Waals surface area contributed by atoms with Crippen molar-refractivity contribution in [2.75, 3.05) is 25.9 Å². The summed E-state index contributed by atoms with van der Waals surface area (Å²) in [4.78, 5) is 12.2. The molecular formula is C17H26N2O3S. The summed E-state index contributed by atoms with van der Waals surface area (Å²) < 4.78 is 24.5. The van der Waals surface area contributed by atoms with Crippen LogP contribution in [0.25, 0.3) is 0 Å². The van der Waals surface area contributed by atoms with Crippen LogP contribution in [0.1, 0.15) is 40.7 Å². The minimum atomic E-state index is -3.06. The van der Waals surface area contributed by atoms with Crippen molar-refractivity contribution in [2.24, 2.45) is 5.92 Å². The van der Waals surface area contributed by atoms with Crippen LogP contribution in [0.4, 0.5) is 0 Å². The number of aryl methyl sites for hydroxylation is 1. The average molecular weight is 338 g/mol. The van der Waals surface area contributed by atoms with Crippen molar-refractivity contribution in [1.82, 2.24) is 9.62 Å². The largest absolute Gasteiger partial charge is 0.352 e. The first kappa shape index (κ1) is 17.9. The minimum absolute atomic E-state index is 0.0280. The second-order valence-corrected chi connectivity index (χ2v) is 8.38. The zero-order chi connectivity index (χ0) is 17.0. The molecule has 0 radical (unpaired) electrons. The van der Waals surface area contributed by atoms with E-state index in [4.69, 9.17) is 0 Å². The lowest BCUT2D eigenvalue weighted by atomic mass is 9.94. The Labute approximate surface area is 139 Å². The lowest BCUT2D eigenvalue weighted by Gasteiger charge is -2.30. The number of hydrogen-bond donors (Lipinski definition) is 1. The van der Waals surface area contributed by atoms with Crippen LogP contribution in [0.2, 0.25) is 0 Å². The van der Waals surface area contributed by atoms with Gasteiger partial charge in [-0.05, 0) is 56.2 Å². The molecule has 6 heteroatoms. The number of rotatable bonds is 5. The molecule has 1 saturated heterocycles. The summed E-state index contributed by atoms with van der Waals surface area (Å²) in [6, 6.07) is 5.75. The minimum Gasteiger partial charge on any atom is -0.352 e. The number of nitrogens with one attached hydrogen (secondary N) is 1. The second kappa shape index (κ2) is 7.45. The highest BCUT2D eigenvalue weighted by Crippen LogP contribution is 2.21. The smallest absolute Gasteiger partial charge is 0.251 e.